The Morgan fingerprint density at radius 1 is 1.32 bits per heavy atom. The highest BCUT2D eigenvalue weighted by molar-refractivity contribution is 5.89. The number of carbonyl (C=O) groups is 2. The first-order valence-electron chi connectivity index (χ1n) is 6.81. The Labute approximate surface area is 130 Å². The molecule has 22 heavy (non-hydrogen) atoms. The zero-order valence-electron chi connectivity index (χ0n) is 13.2. The molecule has 0 aromatic carbocycles. The van der Waals surface area contributed by atoms with Crippen molar-refractivity contribution in [3.63, 3.8) is 0 Å². The molecule has 0 saturated heterocycles. The summed E-state index contributed by atoms with van der Waals surface area (Å²) in [4.78, 5) is 26.7. The van der Waals surface area contributed by atoms with Crippen LogP contribution in [0.4, 0.5) is 4.79 Å². The predicted molar refractivity (Wildman–Crippen MR) is 81.3 cm³/mol. The van der Waals surface area contributed by atoms with Crippen molar-refractivity contribution in [3.05, 3.63) is 29.6 Å². The fourth-order valence-corrected chi connectivity index (χ4v) is 1.44. The highest BCUT2D eigenvalue weighted by Crippen LogP contribution is 2.06. The number of esters is 1. The highest BCUT2D eigenvalue weighted by atomic mass is 16.6. The normalized spacial score (nSPS) is 10.2. The minimum atomic E-state index is -0.518. The SMILES string of the molecule is COC(=O)c1cncc(C#CCCNC(=O)OC(C)(C)C)c1. The van der Waals surface area contributed by atoms with Crippen molar-refractivity contribution < 1.29 is 19.1 Å². The van der Waals surface area contributed by atoms with Gasteiger partial charge in [0, 0.05) is 30.9 Å². The van der Waals surface area contributed by atoms with E-state index < -0.39 is 17.7 Å². The maximum atomic E-state index is 11.4. The fraction of sp³-hybridized carbons (Fsp3) is 0.438. The van der Waals surface area contributed by atoms with Crippen LogP contribution in [0.1, 0.15) is 43.1 Å². The summed E-state index contributed by atoms with van der Waals surface area (Å²) in [5, 5.41) is 2.61. The van der Waals surface area contributed by atoms with Gasteiger partial charge in [0.15, 0.2) is 0 Å². The van der Waals surface area contributed by atoms with Crippen molar-refractivity contribution in [2.45, 2.75) is 32.8 Å². The number of ether oxygens (including phenoxy) is 2. The number of methoxy groups -OCH3 is 1. The summed E-state index contributed by atoms with van der Waals surface area (Å²) in [6.07, 6.45) is 2.97. The summed E-state index contributed by atoms with van der Waals surface area (Å²) < 4.78 is 9.71. The van der Waals surface area contributed by atoms with Gasteiger partial charge in [0.25, 0.3) is 0 Å². The van der Waals surface area contributed by atoms with Gasteiger partial charge in [0.05, 0.1) is 12.7 Å². The minimum Gasteiger partial charge on any atom is -0.465 e. The third-order valence-corrected chi connectivity index (χ3v) is 2.31. The first-order chi connectivity index (χ1) is 10.3. The van der Waals surface area contributed by atoms with Gasteiger partial charge in [-0.15, -0.1) is 0 Å². The molecule has 1 rings (SSSR count). The molecule has 0 aliphatic heterocycles. The molecule has 0 saturated carbocycles. The van der Waals surface area contributed by atoms with Gasteiger partial charge in [-0.1, -0.05) is 11.8 Å². The number of alkyl carbamates (subject to hydrolysis) is 1. The Morgan fingerprint density at radius 2 is 2.05 bits per heavy atom. The molecule has 118 valence electrons. The van der Waals surface area contributed by atoms with Crippen LogP contribution in [-0.2, 0) is 9.47 Å². The molecule has 0 aliphatic rings. The summed E-state index contributed by atoms with van der Waals surface area (Å²) in [5.74, 6) is 5.31. The topological polar surface area (TPSA) is 77.5 Å². The zero-order chi connectivity index (χ0) is 16.6. The Balaban J connectivity index is 2.45. The molecule has 0 atom stereocenters. The first kappa shape index (κ1) is 17.5. The standard InChI is InChI=1S/C16H20N2O4/c1-16(2,3)22-15(20)18-8-6-5-7-12-9-13(11-17-10-12)14(19)21-4/h9-11H,6,8H2,1-4H3,(H,18,20). The van der Waals surface area contributed by atoms with Gasteiger partial charge in [0.2, 0.25) is 0 Å². The second-order valence-corrected chi connectivity index (χ2v) is 5.43. The Hall–Kier alpha value is -2.55. The van der Waals surface area contributed by atoms with Crippen LogP contribution in [-0.4, -0.2) is 36.3 Å². The largest absolute Gasteiger partial charge is 0.465 e. The number of amides is 1. The Bertz CT molecular complexity index is 594. The lowest BCUT2D eigenvalue weighted by atomic mass is 10.2. The monoisotopic (exact) mass is 304 g/mol. The van der Waals surface area contributed by atoms with Crippen LogP contribution in [0.5, 0.6) is 0 Å². The molecule has 0 fully saturated rings. The molecule has 0 aliphatic carbocycles. The first-order valence-corrected chi connectivity index (χ1v) is 6.81. The molecule has 1 heterocycles. The highest BCUT2D eigenvalue weighted by Gasteiger charge is 2.15. The van der Waals surface area contributed by atoms with Gasteiger partial charge < -0.3 is 14.8 Å². The molecule has 1 amide bonds. The van der Waals surface area contributed by atoms with Crippen molar-refractivity contribution in [3.8, 4) is 11.8 Å². The van der Waals surface area contributed by atoms with Crippen LogP contribution in [0.3, 0.4) is 0 Å². The van der Waals surface area contributed by atoms with Crippen LogP contribution in [0.2, 0.25) is 0 Å². The van der Waals surface area contributed by atoms with Crippen LogP contribution in [0, 0.1) is 11.8 Å². The van der Waals surface area contributed by atoms with E-state index in [-0.39, 0.29) is 0 Å². The molecule has 6 nitrogen and oxygen atoms in total. The van der Waals surface area contributed by atoms with Crippen molar-refractivity contribution in [1.82, 2.24) is 10.3 Å². The lowest BCUT2D eigenvalue weighted by Crippen LogP contribution is -2.32. The third-order valence-electron chi connectivity index (χ3n) is 2.31. The second kappa shape index (κ2) is 8.03. The third kappa shape index (κ3) is 6.75. The molecule has 1 N–H and O–H groups in total. The van der Waals surface area contributed by atoms with Crippen LogP contribution in [0.15, 0.2) is 18.5 Å². The number of nitrogens with one attached hydrogen (secondary N) is 1. The number of hydrogen-bond donors (Lipinski definition) is 1. The molecular weight excluding hydrogens is 284 g/mol. The van der Waals surface area contributed by atoms with E-state index in [1.165, 1.54) is 13.3 Å². The average Bonchev–Trinajstić information content (AvgIpc) is 2.44. The van der Waals surface area contributed by atoms with E-state index in [0.717, 1.165) is 0 Å². The average molecular weight is 304 g/mol. The molecule has 0 bridgehead atoms. The second-order valence-electron chi connectivity index (χ2n) is 5.43. The van der Waals surface area contributed by atoms with E-state index in [0.29, 0.717) is 24.1 Å². The van der Waals surface area contributed by atoms with Gasteiger partial charge in [-0.2, -0.15) is 0 Å². The molecular formula is C16H20N2O4. The number of aromatic nitrogens is 1. The maximum Gasteiger partial charge on any atom is 0.407 e. The number of nitrogens with zero attached hydrogens (tertiary/aromatic N) is 1. The lowest BCUT2D eigenvalue weighted by Gasteiger charge is -2.19. The van der Waals surface area contributed by atoms with E-state index in [9.17, 15) is 9.59 Å². The van der Waals surface area contributed by atoms with Crippen molar-refractivity contribution in [2.75, 3.05) is 13.7 Å². The van der Waals surface area contributed by atoms with Crippen LogP contribution in [0.25, 0.3) is 0 Å². The minimum absolute atomic E-state index is 0.348. The van der Waals surface area contributed by atoms with Gasteiger partial charge in [0.1, 0.15) is 5.60 Å². The number of carbonyl (C=O) groups excluding carboxylic acids is 2. The van der Waals surface area contributed by atoms with Crippen molar-refractivity contribution in [2.24, 2.45) is 0 Å². The summed E-state index contributed by atoms with van der Waals surface area (Å²) in [7, 11) is 1.31. The maximum absolute atomic E-state index is 11.4. The Kier molecular flexibility index (Phi) is 6.39. The summed E-state index contributed by atoms with van der Waals surface area (Å²) >= 11 is 0. The van der Waals surface area contributed by atoms with E-state index in [4.69, 9.17) is 4.74 Å². The van der Waals surface area contributed by atoms with E-state index in [2.05, 4.69) is 26.9 Å². The molecule has 1 aromatic rings. The van der Waals surface area contributed by atoms with Crippen LogP contribution < -0.4 is 5.32 Å². The number of pyridine rings is 1. The van der Waals surface area contributed by atoms with E-state index in [1.807, 2.05) is 0 Å². The molecule has 0 unspecified atom stereocenters. The van der Waals surface area contributed by atoms with Gasteiger partial charge in [-0.25, -0.2) is 9.59 Å². The molecule has 0 radical (unpaired) electrons. The Morgan fingerprint density at radius 3 is 2.68 bits per heavy atom. The summed E-state index contributed by atoms with van der Waals surface area (Å²) in [6, 6.07) is 1.60. The summed E-state index contributed by atoms with van der Waals surface area (Å²) in [6.45, 7) is 5.78. The molecule has 6 heteroatoms. The molecule has 0 spiro atoms. The smallest absolute Gasteiger partial charge is 0.407 e. The number of rotatable bonds is 3. The molecule has 1 aromatic heterocycles. The van der Waals surface area contributed by atoms with Gasteiger partial charge in [-0.3, -0.25) is 4.98 Å². The van der Waals surface area contributed by atoms with E-state index in [1.54, 1.807) is 33.0 Å². The van der Waals surface area contributed by atoms with Crippen molar-refractivity contribution >= 4 is 12.1 Å². The van der Waals surface area contributed by atoms with Gasteiger partial charge >= 0.3 is 12.1 Å². The summed E-state index contributed by atoms with van der Waals surface area (Å²) in [5.41, 5.74) is 0.441. The fourth-order valence-electron chi connectivity index (χ4n) is 1.44. The lowest BCUT2D eigenvalue weighted by molar-refractivity contribution is 0.0527. The zero-order valence-corrected chi connectivity index (χ0v) is 13.2. The predicted octanol–water partition coefficient (Wildman–Crippen LogP) is 2.13. The number of hydrogen-bond acceptors (Lipinski definition) is 5. The van der Waals surface area contributed by atoms with Crippen molar-refractivity contribution in [1.29, 1.82) is 0 Å². The quantitative estimate of drug-likeness (QED) is 0.526. The van der Waals surface area contributed by atoms with Crippen LogP contribution >= 0.6 is 0 Å². The van der Waals surface area contributed by atoms with Gasteiger partial charge in [-0.05, 0) is 26.8 Å². The van der Waals surface area contributed by atoms with E-state index >= 15 is 0 Å².